The molecule has 2 rings (SSSR count). The van der Waals surface area contributed by atoms with Crippen molar-refractivity contribution in [2.45, 2.75) is 26.7 Å². The van der Waals surface area contributed by atoms with Crippen LogP contribution in [0, 0.1) is 6.92 Å². The van der Waals surface area contributed by atoms with Crippen molar-refractivity contribution in [2.75, 3.05) is 6.61 Å². The number of rotatable bonds is 5. The topological polar surface area (TPSA) is 42.1 Å². The molecular weight excluding hydrogens is 238 g/mol. The molecule has 0 radical (unpaired) electrons. The van der Waals surface area contributed by atoms with Crippen molar-refractivity contribution >= 4 is 5.97 Å². The number of ether oxygens (including phenoxy) is 1. The van der Waals surface area contributed by atoms with Crippen molar-refractivity contribution in [1.82, 2.24) is 4.98 Å². The van der Waals surface area contributed by atoms with Crippen LogP contribution in [0.2, 0.25) is 0 Å². The van der Waals surface area contributed by atoms with E-state index in [4.69, 9.17) is 4.74 Å². The van der Waals surface area contributed by atoms with Gasteiger partial charge in [0.2, 0.25) is 0 Å². The zero-order valence-electron chi connectivity index (χ0n) is 11.4. The van der Waals surface area contributed by atoms with Gasteiger partial charge in [0.05, 0.1) is 6.61 Å². The van der Waals surface area contributed by atoms with E-state index in [0.29, 0.717) is 12.3 Å². The molecule has 1 N–H and O–H groups in total. The Hall–Kier alpha value is -2.03. The first-order chi connectivity index (χ1) is 9.22. The van der Waals surface area contributed by atoms with Crippen molar-refractivity contribution in [1.29, 1.82) is 0 Å². The minimum absolute atomic E-state index is 0.265. The minimum atomic E-state index is -0.265. The number of hydrogen-bond acceptors (Lipinski definition) is 2. The molecule has 19 heavy (non-hydrogen) atoms. The zero-order chi connectivity index (χ0) is 13.7. The van der Waals surface area contributed by atoms with Crippen molar-refractivity contribution in [3.63, 3.8) is 0 Å². The standard InChI is InChI=1S/C16H19NO2/c1-3-19-16(18)15-14(12(2)11-17-15)10-9-13-7-5-4-6-8-13/h4-8,11,17H,3,9-10H2,1-2H3. The lowest BCUT2D eigenvalue weighted by atomic mass is 10.0. The predicted octanol–water partition coefficient (Wildman–Crippen LogP) is 3.29. The molecule has 1 heterocycles. The first kappa shape index (κ1) is 13.4. The number of nitrogens with one attached hydrogen (secondary N) is 1. The first-order valence-electron chi connectivity index (χ1n) is 6.60. The Morgan fingerprint density at radius 1 is 1.21 bits per heavy atom. The van der Waals surface area contributed by atoms with Gasteiger partial charge in [0.1, 0.15) is 5.69 Å². The highest BCUT2D eigenvalue weighted by Gasteiger charge is 2.16. The van der Waals surface area contributed by atoms with E-state index < -0.39 is 0 Å². The number of aryl methyl sites for hydroxylation is 2. The van der Waals surface area contributed by atoms with Gasteiger partial charge in [0.25, 0.3) is 0 Å². The number of hydrogen-bond donors (Lipinski definition) is 1. The molecule has 2 aromatic rings. The molecule has 1 aromatic heterocycles. The molecule has 0 atom stereocenters. The van der Waals surface area contributed by atoms with E-state index in [1.165, 1.54) is 5.56 Å². The van der Waals surface area contributed by atoms with Gasteiger partial charge in [-0.2, -0.15) is 0 Å². The fourth-order valence-corrected chi connectivity index (χ4v) is 2.17. The summed E-state index contributed by atoms with van der Waals surface area (Å²) in [6.07, 6.45) is 3.63. The Morgan fingerprint density at radius 3 is 2.63 bits per heavy atom. The summed E-state index contributed by atoms with van der Waals surface area (Å²) in [7, 11) is 0. The second kappa shape index (κ2) is 6.23. The molecule has 0 spiro atoms. The Bertz CT molecular complexity index is 543. The summed E-state index contributed by atoms with van der Waals surface area (Å²) >= 11 is 0. The number of carbonyl (C=O) groups is 1. The van der Waals surface area contributed by atoms with Crippen LogP contribution in [0.1, 0.15) is 34.1 Å². The van der Waals surface area contributed by atoms with Gasteiger partial charge in [-0.3, -0.25) is 0 Å². The molecule has 1 aromatic carbocycles. The van der Waals surface area contributed by atoms with Gasteiger partial charge < -0.3 is 9.72 Å². The maximum atomic E-state index is 11.8. The summed E-state index contributed by atoms with van der Waals surface area (Å²) in [5.41, 5.74) is 4.04. The molecule has 0 aliphatic heterocycles. The largest absolute Gasteiger partial charge is 0.461 e. The van der Waals surface area contributed by atoms with Crippen molar-refractivity contribution in [2.24, 2.45) is 0 Å². The van der Waals surface area contributed by atoms with Crippen LogP contribution < -0.4 is 0 Å². The molecule has 0 aliphatic rings. The van der Waals surface area contributed by atoms with E-state index >= 15 is 0 Å². The molecular formula is C16H19NO2. The molecule has 0 aliphatic carbocycles. The average Bonchev–Trinajstić information content (AvgIpc) is 2.79. The maximum absolute atomic E-state index is 11.8. The number of aromatic amines is 1. The van der Waals surface area contributed by atoms with E-state index in [1.54, 1.807) is 0 Å². The highest BCUT2D eigenvalue weighted by molar-refractivity contribution is 5.89. The molecule has 0 bridgehead atoms. The molecule has 0 saturated heterocycles. The predicted molar refractivity (Wildman–Crippen MR) is 75.3 cm³/mol. The molecule has 100 valence electrons. The Kier molecular flexibility index (Phi) is 4.39. The normalized spacial score (nSPS) is 10.4. The number of H-pyrrole nitrogens is 1. The lowest BCUT2D eigenvalue weighted by Crippen LogP contribution is -2.08. The van der Waals surface area contributed by atoms with E-state index in [-0.39, 0.29) is 5.97 Å². The number of aromatic nitrogens is 1. The zero-order valence-corrected chi connectivity index (χ0v) is 11.4. The second-order valence-electron chi connectivity index (χ2n) is 4.53. The maximum Gasteiger partial charge on any atom is 0.355 e. The molecule has 0 fully saturated rings. The highest BCUT2D eigenvalue weighted by atomic mass is 16.5. The lowest BCUT2D eigenvalue weighted by Gasteiger charge is -2.06. The second-order valence-corrected chi connectivity index (χ2v) is 4.53. The van der Waals surface area contributed by atoms with Crippen molar-refractivity contribution in [3.8, 4) is 0 Å². The van der Waals surface area contributed by atoms with Gasteiger partial charge in [0, 0.05) is 6.20 Å². The van der Waals surface area contributed by atoms with Crippen LogP contribution in [0.5, 0.6) is 0 Å². The van der Waals surface area contributed by atoms with Crippen molar-refractivity contribution in [3.05, 3.63) is 58.9 Å². The molecule has 3 heteroatoms. The van der Waals surface area contributed by atoms with Gasteiger partial charge in [0.15, 0.2) is 0 Å². The third kappa shape index (κ3) is 3.25. The number of esters is 1. The monoisotopic (exact) mass is 257 g/mol. The summed E-state index contributed by atoms with van der Waals surface area (Å²) in [5.74, 6) is -0.265. The molecule has 0 amide bonds. The SMILES string of the molecule is CCOC(=O)c1[nH]cc(C)c1CCc1ccccc1. The van der Waals surface area contributed by atoms with E-state index in [1.807, 2.05) is 38.2 Å². The van der Waals surface area contributed by atoms with Crippen LogP contribution in [-0.2, 0) is 17.6 Å². The smallest absolute Gasteiger partial charge is 0.355 e. The number of benzene rings is 1. The fourth-order valence-electron chi connectivity index (χ4n) is 2.17. The van der Waals surface area contributed by atoms with Crippen molar-refractivity contribution < 1.29 is 9.53 Å². The molecule has 0 saturated carbocycles. The molecule has 3 nitrogen and oxygen atoms in total. The van der Waals surface area contributed by atoms with E-state index in [2.05, 4.69) is 17.1 Å². The quantitative estimate of drug-likeness (QED) is 0.835. The van der Waals surface area contributed by atoms with E-state index in [0.717, 1.165) is 24.0 Å². The Morgan fingerprint density at radius 2 is 1.95 bits per heavy atom. The van der Waals surface area contributed by atoms with Gasteiger partial charge >= 0.3 is 5.97 Å². The summed E-state index contributed by atoms with van der Waals surface area (Å²) < 4.78 is 5.06. The molecule has 0 unspecified atom stereocenters. The van der Waals surface area contributed by atoms with Crippen LogP contribution in [-0.4, -0.2) is 17.6 Å². The summed E-state index contributed by atoms with van der Waals surface area (Å²) in [6, 6.07) is 10.3. The highest BCUT2D eigenvalue weighted by Crippen LogP contribution is 2.17. The van der Waals surface area contributed by atoms with Gasteiger partial charge in [-0.1, -0.05) is 30.3 Å². The van der Waals surface area contributed by atoms with Gasteiger partial charge in [-0.25, -0.2) is 4.79 Å². The fraction of sp³-hybridized carbons (Fsp3) is 0.312. The number of carbonyl (C=O) groups excluding carboxylic acids is 1. The Balaban J connectivity index is 2.11. The summed E-state index contributed by atoms with van der Waals surface area (Å²) in [4.78, 5) is 14.9. The Labute approximate surface area is 113 Å². The third-order valence-corrected chi connectivity index (χ3v) is 3.20. The summed E-state index contributed by atoms with van der Waals surface area (Å²) in [5, 5.41) is 0. The van der Waals surface area contributed by atoms with Crippen LogP contribution in [0.4, 0.5) is 0 Å². The van der Waals surface area contributed by atoms with Crippen LogP contribution in [0.25, 0.3) is 0 Å². The van der Waals surface area contributed by atoms with Crippen LogP contribution in [0.15, 0.2) is 36.5 Å². The minimum Gasteiger partial charge on any atom is -0.461 e. The van der Waals surface area contributed by atoms with E-state index in [9.17, 15) is 4.79 Å². The third-order valence-electron chi connectivity index (χ3n) is 3.20. The van der Waals surface area contributed by atoms with Gasteiger partial charge in [-0.05, 0) is 43.4 Å². The summed E-state index contributed by atoms with van der Waals surface area (Å²) in [6.45, 7) is 4.23. The lowest BCUT2D eigenvalue weighted by molar-refractivity contribution is 0.0519. The van der Waals surface area contributed by atoms with Crippen LogP contribution in [0.3, 0.4) is 0 Å². The first-order valence-corrected chi connectivity index (χ1v) is 6.60. The average molecular weight is 257 g/mol. The van der Waals surface area contributed by atoms with Gasteiger partial charge in [-0.15, -0.1) is 0 Å². The van der Waals surface area contributed by atoms with Crippen LogP contribution >= 0.6 is 0 Å².